The maximum Gasteiger partial charge on any atom is 0.255 e. The molecule has 214 valence electrons. The van der Waals surface area contributed by atoms with Crippen LogP contribution in [0.1, 0.15) is 37.6 Å². The third-order valence-corrected chi connectivity index (χ3v) is 7.14. The van der Waals surface area contributed by atoms with Gasteiger partial charge in [-0.25, -0.2) is 0 Å². The van der Waals surface area contributed by atoms with E-state index in [4.69, 9.17) is 9.47 Å². The predicted octanol–water partition coefficient (Wildman–Crippen LogP) is 1.09. The Morgan fingerprint density at radius 2 is 1.70 bits per heavy atom. The van der Waals surface area contributed by atoms with Crippen LogP contribution in [0.4, 0.5) is 0 Å². The predicted molar refractivity (Wildman–Crippen MR) is 147 cm³/mol. The molecule has 2 heterocycles. The van der Waals surface area contributed by atoms with E-state index in [1.54, 1.807) is 33.1 Å². The third-order valence-electron chi connectivity index (χ3n) is 7.14. The highest BCUT2D eigenvalue weighted by Gasteiger charge is 2.41. The first-order chi connectivity index (χ1) is 19.1. The van der Waals surface area contributed by atoms with Crippen LogP contribution in [0.5, 0.6) is 11.5 Å². The van der Waals surface area contributed by atoms with Crippen molar-refractivity contribution < 1.29 is 33.8 Å². The summed E-state index contributed by atoms with van der Waals surface area (Å²) in [7, 11) is 1.58. The van der Waals surface area contributed by atoms with E-state index in [1.165, 1.54) is 11.8 Å². The summed E-state index contributed by atoms with van der Waals surface area (Å²) in [6.45, 7) is 5.27. The standard InChI is InChI=1S/C29H36N4O7/c1-16(2)25-28(37)31-17(3)29(38)33-15-20(34)14-23(33)27(36)30-11-12-40-24-10-7-19(13-22(24)26(35)32-25)18-5-8-21(39-4)9-6-18/h5-10,13,16-17,20,23,25,34H,11-12,14-15H2,1-4H3,(H,30,36)(H,31,37)(H,32,35)/t17-,20+,23+,25+/m1/s1. The van der Waals surface area contributed by atoms with E-state index in [0.29, 0.717) is 11.5 Å². The van der Waals surface area contributed by atoms with E-state index < -0.39 is 47.9 Å². The molecular weight excluding hydrogens is 516 g/mol. The Labute approximate surface area is 233 Å². The Morgan fingerprint density at radius 3 is 2.38 bits per heavy atom. The van der Waals surface area contributed by atoms with Crippen molar-refractivity contribution in [2.24, 2.45) is 5.92 Å². The number of ether oxygens (including phenoxy) is 2. The highest BCUT2D eigenvalue weighted by Crippen LogP contribution is 2.29. The number of methoxy groups -OCH3 is 1. The summed E-state index contributed by atoms with van der Waals surface area (Å²) in [4.78, 5) is 54.2. The number of hydrogen-bond acceptors (Lipinski definition) is 7. The lowest BCUT2D eigenvalue weighted by molar-refractivity contribution is -0.141. The van der Waals surface area contributed by atoms with Crippen LogP contribution in [0.25, 0.3) is 11.1 Å². The zero-order valence-corrected chi connectivity index (χ0v) is 23.1. The van der Waals surface area contributed by atoms with E-state index >= 15 is 0 Å². The van der Waals surface area contributed by atoms with Crippen LogP contribution in [0.3, 0.4) is 0 Å². The van der Waals surface area contributed by atoms with Crippen molar-refractivity contribution in [2.75, 3.05) is 26.8 Å². The Bertz CT molecular complexity index is 1260. The quantitative estimate of drug-likeness (QED) is 0.446. The summed E-state index contributed by atoms with van der Waals surface area (Å²) >= 11 is 0. The molecule has 0 unspecified atom stereocenters. The van der Waals surface area contributed by atoms with Gasteiger partial charge in [0.05, 0.1) is 25.3 Å². The fraction of sp³-hybridized carbons (Fsp3) is 0.448. The zero-order valence-electron chi connectivity index (χ0n) is 23.1. The number of rotatable bonds is 3. The van der Waals surface area contributed by atoms with Crippen LogP contribution in [0.15, 0.2) is 42.5 Å². The lowest BCUT2D eigenvalue weighted by Gasteiger charge is -2.29. The Kier molecular flexibility index (Phi) is 8.93. The molecule has 11 nitrogen and oxygen atoms in total. The molecule has 40 heavy (non-hydrogen) atoms. The van der Waals surface area contributed by atoms with Crippen LogP contribution in [0.2, 0.25) is 0 Å². The van der Waals surface area contributed by atoms with Crippen molar-refractivity contribution in [3.8, 4) is 22.6 Å². The first kappa shape index (κ1) is 28.9. The van der Waals surface area contributed by atoms with Crippen LogP contribution in [-0.2, 0) is 14.4 Å². The summed E-state index contributed by atoms with van der Waals surface area (Å²) in [6.07, 6.45) is -0.754. The first-order valence-electron chi connectivity index (χ1n) is 13.4. The molecule has 2 aromatic carbocycles. The first-order valence-corrected chi connectivity index (χ1v) is 13.4. The molecule has 2 aliphatic heterocycles. The summed E-state index contributed by atoms with van der Waals surface area (Å²) in [5.41, 5.74) is 1.83. The van der Waals surface area contributed by atoms with E-state index in [2.05, 4.69) is 16.0 Å². The molecule has 0 spiro atoms. The van der Waals surface area contributed by atoms with Gasteiger partial charge in [-0.2, -0.15) is 0 Å². The van der Waals surface area contributed by atoms with Crippen molar-refractivity contribution >= 4 is 23.6 Å². The molecule has 1 saturated heterocycles. The highest BCUT2D eigenvalue weighted by molar-refractivity contribution is 6.01. The van der Waals surface area contributed by atoms with Gasteiger partial charge in [0.1, 0.15) is 36.2 Å². The fourth-order valence-corrected chi connectivity index (χ4v) is 4.92. The molecular formula is C29H36N4O7. The summed E-state index contributed by atoms with van der Waals surface area (Å²) in [5.74, 6) is -1.27. The second kappa shape index (κ2) is 12.4. The van der Waals surface area contributed by atoms with Gasteiger partial charge in [-0.05, 0) is 48.2 Å². The zero-order chi connectivity index (χ0) is 29.0. The van der Waals surface area contributed by atoms with Gasteiger partial charge in [-0.3, -0.25) is 19.2 Å². The molecule has 11 heteroatoms. The molecule has 4 atom stereocenters. The number of benzene rings is 2. The minimum absolute atomic E-state index is 0.0120. The molecule has 0 saturated carbocycles. The van der Waals surface area contributed by atoms with Crippen LogP contribution in [-0.4, -0.2) is 84.7 Å². The lowest BCUT2D eigenvalue weighted by atomic mass is 9.99. The van der Waals surface area contributed by atoms with Gasteiger partial charge in [0.25, 0.3) is 5.91 Å². The van der Waals surface area contributed by atoms with Gasteiger partial charge in [0.2, 0.25) is 17.7 Å². The number of nitrogens with zero attached hydrogens (tertiary/aromatic N) is 1. The van der Waals surface area contributed by atoms with Gasteiger partial charge in [0.15, 0.2) is 0 Å². The summed E-state index contributed by atoms with van der Waals surface area (Å²) < 4.78 is 11.1. The second-order valence-corrected chi connectivity index (χ2v) is 10.4. The van der Waals surface area contributed by atoms with Crippen molar-refractivity contribution in [3.63, 3.8) is 0 Å². The normalized spacial score (nSPS) is 24.4. The number of carbonyl (C=O) groups excluding carboxylic acids is 4. The second-order valence-electron chi connectivity index (χ2n) is 10.4. The largest absolute Gasteiger partial charge is 0.497 e. The number of fused-ring (bicyclic) bond motifs is 2. The Morgan fingerprint density at radius 1 is 1.00 bits per heavy atom. The molecule has 2 aromatic rings. The molecule has 4 amide bonds. The topological polar surface area (TPSA) is 146 Å². The average molecular weight is 553 g/mol. The van der Waals surface area contributed by atoms with Crippen molar-refractivity contribution in [2.45, 2.75) is 51.4 Å². The minimum atomic E-state index is -0.976. The number of hydrogen-bond donors (Lipinski definition) is 4. The van der Waals surface area contributed by atoms with Gasteiger partial charge < -0.3 is 35.4 Å². The van der Waals surface area contributed by atoms with Gasteiger partial charge in [-0.15, -0.1) is 0 Å². The molecule has 2 aliphatic rings. The lowest BCUT2D eigenvalue weighted by Crippen LogP contribution is -2.57. The Balaban J connectivity index is 1.67. The van der Waals surface area contributed by atoms with Gasteiger partial charge >= 0.3 is 0 Å². The van der Waals surface area contributed by atoms with E-state index in [1.807, 2.05) is 30.3 Å². The summed E-state index contributed by atoms with van der Waals surface area (Å²) in [5, 5.41) is 18.4. The fourth-order valence-electron chi connectivity index (χ4n) is 4.92. The molecule has 4 rings (SSSR count). The van der Waals surface area contributed by atoms with Gasteiger partial charge in [-0.1, -0.05) is 32.0 Å². The number of carbonyl (C=O) groups is 4. The summed E-state index contributed by atoms with van der Waals surface area (Å²) in [6, 6.07) is 9.78. The molecule has 0 bridgehead atoms. The SMILES string of the molecule is COc1ccc(-c2ccc3c(c2)C(=O)N[C@@H](C(C)C)C(=O)N[C@H](C)C(=O)N2C[C@@H](O)C[C@H]2C(=O)NCCO3)cc1. The molecule has 4 N–H and O–H groups in total. The van der Waals surface area contributed by atoms with Crippen molar-refractivity contribution in [1.29, 1.82) is 0 Å². The smallest absolute Gasteiger partial charge is 0.255 e. The maximum atomic E-state index is 13.6. The van der Waals surface area contributed by atoms with Crippen LogP contribution in [0, 0.1) is 5.92 Å². The number of aliphatic hydroxyl groups is 1. The number of amides is 4. The number of aliphatic hydroxyl groups excluding tert-OH is 1. The van der Waals surface area contributed by atoms with Crippen molar-refractivity contribution in [3.05, 3.63) is 48.0 Å². The minimum Gasteiger partial charge on any atom is -0.497 e. The average Bonchev–Trinajstić information content (AvgIpc) is 3.34. The molecule has 0 radical (unpaired) electrons. The molecule has 1 fully saturated rings. The maximum absolute atomic E-state index is 13.6. The third kappa shape index (κ3) is 6.36. The van der Waals surface area contributed by atoms with Gasteiger partial charge in [0, 0.05) is 13.0 Å². The van der Waals surface area contributed by atoms with E-state index in [0.717, 1.165) is 11.1 Å². The van der Waals surface area contributed by atoms with Crippen molar-refractivity contribution in [1.82, 2.24) is 20.9 Å². The van der Waals surface area contributed by atoms with Crippen LogP contribution < -0.4 is 25.4 Å². The number of nitrogens with one attached hydrogen (secondary N) is 3. The van der Waals surface area contributed by atoms with Crippen LogP contribution >= 0.6 is 0 Å². The molecule has 0 aromatic heterocycles. The monoisotopic (exact) mass is 552 g/mol. The Hall–Kier alpha value is -4.12. The highest BCUT2D eigenvalue weighted by atomic mass is 16.5. The molecule has 0 aliphatic carbocycles. The van der Waals surface area contributed by atoms with E-state index in [9.17, 15) is 24.3 Å². The van der Waals surface area contributed by atoms with E-state index in [-0.39, 0.29) is 37.6 Å².